The van der Waals surface area contributed by atoms with Crippen molar-refractivity contribution in [2.24, 2.45) is 0 Å². The van der Waals surface area contributed by atoms with Gasteiger partial charge in [-0.3, -0.25) is 9.59 Å². The van der Waals surface area contributed by atoms with Crippen molar-refractivity contribution in [3.8, 4) is 0 Å². The van der Waals surface area contributed by atoms with Gasteiger partial charge in [0, 0.05) is 14.6 Å². The molecule has 1 aromatic carbocycles. The molecule has 0 aliphatic carbocycles. The van der Waals surface area contributed by atoms with Gasteiger partial charge in [-0.05, 0) is 63.6 Å². The minimum absolute atomic E-state index is 0.0379. The first-order valence-electron chi connectivity index (χ1n) is 5.30. The van der Waals surface area contributed by atoms with Gasteiger partial charge in [-0.1, -0.05) is 0 Å². The summed E-state index contributed by atoms with van der Waals surface area (Å²) in [6, 6.07) is 5.51. The van der Waals surface area contributed by atoms with Crippen LogP contribution < -0.4 is 0 Å². The van der Waals surface area contributed by atoms with Crippen molar-refractivity contribution in [2.75, 3.05) is 20.2 Å². The van der Waals surface area contributed by atoms with E-state index in [1.807, 2.05) is 19.1 Å². The molecule has 6 heteroatoms. The Morgan fingerprint density at radius 3 is 2.67 bits per heavy atom. The minimum atomic E-state index is -0.424. The molecule has 0 saturated carbocycles. The number of carbonyl (C=O) groups is 2. The summed E-state index contributed by atoms with van der Waals surface area (Å²) in [5.41, 5.74) is 0.549. The van der Waals surface area contributed by atoms with Crippen LogP contribution in [0.4, 0.5) is 0 Å². The average molecular weight is 426 g/mol. The van der Waals surface area contributed by atoms with Gasteiger partial charge in [0.25, 0.3) is 5.91 Å². The quantitative estimate of drug-likeness (QED) is 0.550. The van der Waals surface area contributed by atoms with Crippen LogP contribution in [0.25, 0.3) is 0 Å². The highest BCUT2D eigenvalue weighted by Crippen LogP contribution is 2.21. The van der Waals surface area contributed by atoms with E-state index in [9.17, 15) is 9.59 Å². The van der Waals surface area contributed by atoms with Gasteiger partial charge in [0.05, 0.1) is 12.7 Å². The van der Waals surface area contributed by atoms with E-state index >= 15 is 0 Å². The molecule has 0 spiro atoms. The smallest absolute Gasteiger partial charge is 0.325 e. The lowest BCUT2D eigenvalue weighted by molar-refractivity contribution is -0.141. The van der Waals surface area contributed by atoms with Crippen LogP contribution in [0.1, 0.15) is 17.3 Å². The number of nitrogens with zero attached hydrogens (tertiary/aromatic N) is 1. The van der Waals surface area contributed by atoms with E-state index in [1.165, 1.54) is 12.0 Å². The molecule has 0 heterocycles. The Morgan fingerprint density at radius 1 is 1.44 bits per heavy atom. The number of amides is 1. The first-order valence-corrected chi connectivity index (χ1v) is 7.18. The van der Waals surface area contributed by atoms with Crippen molar-refractivity contribution in [2.45, 2.75) is 6.92 Å². The molecule has 0 atom stereocenters. The molecule has 4 nitrogen and oxygen atoms in total. The number of rotatable bonds is 4. The number of ether oxygens (including phenoxy) is 1. The molecule has 1 amide bonds. The van der Waals surface area contributed by atoms with Gasteiger partial charge in [0.2, 0.25) is 0 Å². The lowest BCUT2D eigenvalue weighted by atomic mass is 10.2. The molecule has 0 aliphatic heterocycles. The maximum Gasteiger partial charge on any atom is 0.325 e. The molecule has 0 saturated heterocycles. The number of likely N-dealkylation sites (N-methyl/N-ethyl adjacent to an activating group) is 1. The monoisotopic (exact) mass is 425 g/mol. The zero-order valence-electron chi connectivity index (χ0n) is 10.1. The molecule has 1 aromatic rings. The van der Waals surface area contributed by atoms with E-state index in [-0.39, 0.29) is 12.5 Å². The number of benzene rings is 1. The molecule has 98 valence electrons. The van der Waals surface area contributed by atoms with Crippen LogP contribution in [0.15, 0.2) is 22.7 Å². The summed E-state index contributed by atoms with van der Waals surface area (Å²) in [7, 11) is 1.31. The van der Waals surface area contributed by atoms with Crippen LogP contribution in [0.3, 0.4) is 0 Å². The summed E-state index contributed by atoms with van der Waals surface area (Å²) in [6.07, 6.45) is 0. The van der Waals surface area contributed by atoms with Gasteiger partial charge in [-0.25, -0.2) is 0 Å². The molecule has 0 fully saturated rings. The summed E-state index contributed by atoms with van der Waals surface area (Å²) >= 11 is 5.49. The summed E-state index contributed by atoms with van der Waals surface area (Å²) in [5, 5.41) is 0. The highest BCUT2D eigenvalue weighted by Gasteiger charge is 2.19. The number of hydrogen-bond donors (Lipinski definition) is 0. The van der Waals surface area contributed by atoms with Crippen molar-refractivity contribution < 1.29 is 14.3 Å². The Morgan fingerprint density at radius 2 is 2.11 bits per heavy atom. The van der Waals surface area contributed by atoms with E-state index in [1.54, 1.807) is 6.07 Å². The minimum Gasteiger partial charge on any atom is -0.468 e. The third-order valence-corrected chi connectivity index (χ3v) is 3.74. The fourth-order valence-electron chi connectivity index (χ4n) is 1.38. The van der Waals surface area contributed by atoms with Crippen LogP contribution in [0.5, 0.6) is 0 Å². The van der Waals surface area contributed by atoms with Crippen LogP contribution in [-0.4, -0.2) is 37.0 Å². The summed E-state index contributed by atoms with van der Waals surface area (Å²) in [6.45, 7) is 2.23. The number of esters is 1. The zero-order chi connectivity index (χ0) is 13.7. The predicted molar refractivity (Wildman–Crippen MR) is 80.5 cm³/mol. The van der Waals surface area contributed by atoms with Crippen molar-refractivity contribution in [3.05, 3.63) is 31.8 Å². The van der Waals surface area contributed by atoms with Crippen molar-refractivity contribution in [1.29, 1.82) is 0 Å². The number of hydrogen-bond acceptors (Lipinski definition) is 3. The predicted octanol–water partition coefficient (Wildman–Crippen LogP) is 2.69. The van der Waals surface area contributed by atoms with Crippen LogP contribution in [0.2, 0.25) is 0 Å². The van der Waals surface area contributed by atoms with E-state index in [0.29, 0.717) is 12.1 Å². The van der Waals surface area contributed by atoms with Crippen LogP contribution in [-0.2, 0) is 9.53 Å². The Hall–Kier alpha value is -0.630. The van der Waals surface area contributed by atoms with Gasteiger partial charge in [0.15, 0.2) is 0 Å². The molecule has 0 unspecified atom stereocenters. The fourth-order valence-corrected chi connectivity index (χ4v) is 2.29. The number of methoxy groups -OCH3 is 1. The lowest BCUT2D eigenvalue weighted by Gasteiger charge is -2.20. The number of carbonyl (C=O) groups excluding carboxylic acids is 2. The Labute approximate surface area is 128 Å². The second kappa shape index (κ2) is 7.08. The van der Waals surface area contributed by atoms with E-state index in [2.05, 4.69) is 43.3 Å². The summed E-state index contributed by atoms with van der Waals surface area (Å²) in [4.78, 5) is 25.0. The van der Waals surface area contributed by atoms with Gasteiger partial charge in [-0.2, -0.15) is 0 Å². The van der Waals surface area contributed by atoms with Gasteiger partial charge >= 0.3 is 5.97 Å². The topological polar surface area (TPSA) is 46.6 Å². The number of halogens is 2. The van der Waals surface area contributed by atoms with Gasteiger partial charge in [-0.15, -0.1) is 0 Å². The average Bonchev–Trinajstić information content (AvgIpc) is 2.37. The molecular weight excluding hydrogens is 413 g/mol. The molecular formula is C12H13BrINO3. The Balaban J connectivity index is 2.96. The lowest BCUT2D eigenvalue weighted by Crippen LogP contribution is -2.36. The first kappa shape index (κ1) is 15.4. The van der Waals surface area contributed by atoms with Crippen molar-refractivity contribution in [1.82, 2.24) is 4.90 Å². The SMILES string of the molecule is CCN(CC(=O)OC)C(=O)c1cc(I)ccc1Br. The summed E-state index contributed by atoms with van der Waals surface area (Å²) in [5.74, 6) is -0.611. The van der Waals surface area contributed by atoms with Crippen LogP contribution in [0, 0.1) is 3.57 Å². The Kier molecular flexibility index (Phi) is 6.07. The maximum absolute atomic E-state index is 12.3. The normalized spacial score (nSPS) is 10.0. The van der Waals surface area contributed by atoms with E-state index in [0.717, 1.165) is 8.04 Å². The van der Waals surface area contributed by atoms with Crippen molar-refractivity contribution >= 4 is 50.4 Å². The first-order chi connectivity index (χ1) is 8.49. The third-order valence-electron chi connectivity index (χ3n) is 2.38. The highest BCUT2D eigenvalue weighted by molar-refractivity contribution is 14.1. The molecule has 0 bridgehead atoms. The molecule has 0 aliphatic rings. The molecule has 1 rings (SSSR count). The van der Waals surface area contributed by atoms with Gasteiger partial charge in [0.1, 0.15) is 6.54 Å². The highest BCUT2D eigenvalue weighted by atomic mass is 127. The largest absolute Gasteiger partial charge is 0.468 e. The zero-order valence-corrected chi connectivity index (χ0v) is 13.8. The third kappa shape index (κ3) is 3.94. The van der Waals surface area contributed by atoms with Crippen molar-refractivity contribution in [3.63, 3.8) is 0 Å². The summed E-state index contributed by atoms with van der Waals surface area (Å²) < 4.78 is 6.26. The second-order valence-corrected chi connectivity index (χ2v) is 5.62. The second-order valence-electron chi connectivity index (χ2n) is 3.52. The molecule has 0 N–H and O–H groups in total. The van der Waals surface area contributed by atoms with E-state index < -0.39 is 5.97 Å². The van der Waals surface area contributed by atoms with Crippen LogP contribution >= 0.6 is 38.5 Å². The standard InChI is InChI=1S/C12H13BrINO3/c1-3-15(7-11(16)18-2)12(17)9-6-8(14)4-5-10(9)13/h4-6H,3,7H2,1-2H3. The Bertz CT molecular complexity index is 465. The maximum atomic E-state index is 12.3. The fraction of sp³-hybridized carbons (Fsp3) is 0.333. The van der Waals surface area contributed by atoms with Gasteiger partial charge < -0.3 is 9.64 Å². The molecule has 18 heavy (non-hydrogen) atoms. The molecule has 0 radical (unpaired) electrons. The molecule has 0 aromatic heterocycles. The van der Waals surface area contributed by atoms with E-state index in [4.69, 9.17) is 0 Å².